The van der Waals surface area contributed by atoms with Crippen LogP contribution < -0.4 is 10.1 Å². The summed E-state index contributed by atoms with van der Waals surface area (Å²) in [5, 5.41) is 10.3. The number of carbonyl (C=O) groups is 2. The zero-order valence-electron chi connectivity index (χ0n) is 14.0. The van der Waals surface area contributed by atoms with Crippen LogP contribution in [0.15, 0.2) is 35.1 Å². The molecule has 8 nitrogen and oxygen atoms in total. The summed E-state index contributed by atoms with van der Waals surface area (Å²) in [6.07, 6.45) is 3.03. The molecule has 1 aliphatic rings. The van der Waals surface area contributed by atoms with E-state index in [0.717, 1.165) is 18.4 Å². The predicted molar refractivity (Wildman–Crippen MR) is 88.6 cm³/mol. The number of nitrogens with one attached hydrogen (secondary N) is 1. The fourth-order valence-corrected chi connectivity index (χ4v) is 2.84. The molecule has 2 heterocycles. The van der Waals surface area contributed by atoms with Gasteiger partial charge in [-0.3, -0.25) is 9.59 Å². The fraction of sp³-hybridized carbons (Fsp3) is 0.412. The van der Waals surface area contributed by atoms with E-state index in [0.29, 0.717) is 24.7 Å². The Morgan fingerprint density at radius 2 is 2.16 bits per heavy atom. The highest BCUT2D eigenvalue weighted by atomic mass is 16.5. The third kappa shape index (κ3) is 4.56. The van der Waals surface area contributed by atoms with Crippen molar-refractivity contribution < 1.29 is 18.7 Å². The Morgan fingerprint density at radius 1 is 1.36 bits per heavy atom. The first-order valence-corrected chi connectivity index (χ1v) is 8.16. The number of hydrogen-bond donors (Lipinski definition) is 1. The summed E-state index contributed by atoms with van der Waals surface area (Å²) >= 11 is 0. The van der Waals surface area contributed by atoms with Crippen LogP contribution in [0.2, 0.25) is 0 Å². The first-order chi connectivity index (χ1) is 12.1. The van der Waals surface area contributed by atoms with E-state index in [1.54, 1.807) is 29.2 Å². The average molecular weight is 344 g/mol. The molecule has 1 aliphatic heterocycles. The zero-order valence-corrected chi connectivity index (χ0v) is 14.0. The van der Waals surface area contributed by atoms with Crippen molar-refractivity contribution in [3.63, 3.8) is 0 Å². The lowest BCUT2D eigenvalue weighted by Gasteiger charge is -2.32. The lowest BCUT2D eigenvalue weighted by atomic mass is 10.1. The van der Waals surface area contributed by atoms with Gasteiger partial charge in [-0.2, -0.15) is 0 Å². The molecular weight excluding hydrogens is 324 g/mol. The van der Waals surface area contributed by atoms with Crippen LogP contribution in [0.5, 0.6) is 5.75 Å². The molecule has 25 heavy (non-hydrogen) atoms. The molecule has 2 aromatic rings. The maximum absolute atomic E-state index is 12.3. The van der Waals surface area contributed by atoms with Gasteiger partial charge in [0.2, 0.25) is 18.2 Å². The number of benzene rings is 1. The quantitative estimate of drug-likeness (QED) is 0.876. The Labute approximate surface area is 145 Å². The summed E-state index contributed by atoms with van der Waals surface area (Å²) < 4.78 is 10.7. The van der Waals surface area contributed by atoms with Gasteiger partial charge in [0.05, 0.1) is 0 Å². The molecular formula is C17H20N4O4. The number of hydrogen-bond acceptors (Lipinski definition) is 6. The van der Waals surface area contributed by atoms with Crippen LogP contribution in [0.1, 0.15) is 19.8 Å². The molecule has 1 saturated heterocycles. The zero-order chi connectivity index (χ0) is 17.6. The van der Waals surface area contributed by atoms with Gasteiger partial charge in [-0.15, -0.1) is 10.2 Å². The molecule has 0 spiro atoms. The lowest BCUT2D eigenvalue weighted by molar-refractivity contribution is -0.135. The van der Waals surface area contributed by atoms with Crippen molar-refractivity contribution in [3.8, 4) is 17.2 Å². The Kier molecular flexibility index (Phi) is 5.27. The van der Waals surface area contributed by atoms with Crippen molar-refractivity contribution in [2.75, 3.05) is 19.7 Å². The smallest absolute Gasteiger partial charge is 0.260 e. The van der Waals surface area contributed by atoms with E-state index in [-0.39, 0.29) is 24.5 Å². The molecule has 1 fully saturated rings. The van der Waals surface area contributed by atoms with Gasteiger partial charge < -0.3 is 19.4 Å². The van der Waals surface area contributed by atoms with Crippen molar-refractivity contribution in [1.29, 1.82) is 0 Å². The van der Waals surface area contributed by atoms with Crippen molar-refractivity contribution in [2.45, 2.75) is 25.8 Å². The second-order valence-corrected chi connectivity index (χ2v) is 5.94. The van der Waals surface area contributed by atoms with Gasteiger partial charge in [-0.25, -0.2) is 0 Å². The van der Waals surface area contributed by atoms with Crippen LogP contribution in [0.4, 0.5) is 0 Å². The number of nitrogens with zero attached hydrogens (tertiary/aromatic N) is 3. The highest BCUT2D eigenvalue weighted by molar-refractivity contribution is 5.78. The number of carbonyl (C=O) groups excluding carboxylic acids is 2. The molecule has 132 valence electrons. The minimum Gasteiger partial charge on any atom is -0.484 e. The number of aromatic nitrogens is 2. The Hall–Kier alpha value is -2.90. The highest BCUT2D eigenvalue weighted by Crippen LogP contribution is 2.20. The van der Waals surface area contributed by atoms with Crippen molar-refractivity contribution in [2.24, 2.45) is 0 Å². The van der Waals surface area contributed by atoms with E-state index in [1.165, 1.54) is 13.3 Å². The van der Waals surface area contributed by atoms with Crippen molar-refractivity contribution in [3.05, 3.63) is 30.7 Å². The van der Waals surface area contributed by atoms with Gasteiger partial charge in [0.1, 0.15) is 5.75 Å². The topological polar surface area (TPSA) is 97.6 Å². The van der Waals surface area contributed by atoms with Gasteiger partial charge in [0.15, 0.2) is 6.61 Å². The molecule has 0 aliphatic carbocycles. The van der Waals surface area contributed by atoms with Gasteiger partial charge >= 0.3 is 0 Å². The number of likely N-dealkylation sites (tertiary alicyclic amines) is 1. The van der Waals surface area contributed by atoms with Crippen LogP contribution >= 0.6 is 0 Å². The van der Waals surface area contributed by atoms with E-state index in [2.05, 4.69) is 15.5 Å². The van der Waals surface area contributed by atoms with Crippen LogP contribution in [-0.2, 0) is 9.59 Å². The molecule has 1 aromatic heterocycles. The van der Waals surface area contributed by atoms with E-state index in [4.69, 9.17) is 9.15 Å². The van der Waals surface area contributed by atoms with Crippen LogP contribution in [0.3, 0.4) is 0 Å². The molecule has 0 radical (unpaired) electrons. The Bertz CT molecular complexity index is 715. The summed E-state index contributed by atoms with van der Waals surface area (Å²) in [4.78, 5) is 25.2. The van der Waals surface area contributed by atoms with Crippen LogP contribution in [0, 0.1) is 0 Å². The Balaban J connectivity index is 1.51. The minimum absolute atomic E-state index is 0.0175. The number of amides is 2. The van der Waals surface area contributed by atoms with E-state index in [1.807, 2.05) is 0 Å². The molecule has 8 heteroatoms. The maximum atomic E-state index is 12.3. The number of ether oxygens (including phenoxy) is 1. The standard InChI is InChI=1S/C17H20N4O4/c1-12(22)19-14-3-2-8-21(9-14)16(23)10-24-15-6-4-13(5-7-15)17-20-18-11-25-17/h4-7,11,14H,2-3,8-10H2,1H3,(H,19,22)/t14-/m1/s1. The molecule has 0 bridgehead atoms. The monoisotopic (exact) mass is 344 g/mol. The van der Waals surface area contributed by atoms with Crippen LogP contribution in [0.25, 0.3) is 11.5 Å². The summed E-state index contributed by atoms with van der Waals surface area (Å²) in [5.41, 5.74) is 0.783. The first-order valence-electron chi connectivity index (χ1n) is 8.16. The summed E-state index contributed by atoms with van der Waals surface area (Å²) in [6.45, 7) is 2.67. The second-order valence-electron chi connectivity index (χ2n) is 5.94. The molecule has 0 saturated carbocycles. The summed E-state index contributed by atoms with van der Waals surface area (Å²) in [6, 6.07) is 7.11. The van der Waals surface area contributed by atoms with Gasteiger partial charge in [-0.1, -0.05) is 0 Å². The summed E-state index contributed by atoms with van der Waals surface area (Å²) in [5.74, 6) is 0.861. The molecule has 0 unspecified atom stereocenters. The van der Waals surface area contributed by atoms with Crippen molar-refractivity contribution in [1.82, 2.24) is 20.4 Å². The lowest BCUT2D eigenvalue weighted by Crippen LogP contribution is -2.50. The van der Waals surface area contributed by atoms with Crippen LogP contribution in [-0.4, -0.2) is 52.6 Å². The SMILES string of the molecule is CC(=O)N[C@@H]1CCCN(C(=O)COc2ccc(-c3nnco3)cc2)C1. The van der Waals surface area contributed by atoms with E-state index in [9.17, 15) is 9.59 Å². The fourth-order valence-electron chi connectivity index (χ4n) is 2.84. The van der Waals surface area contributed by atoms with Gasteiger partial charge in [0, 0.05) is 31.6 Å². The number of rotatable bonds is 5. The maximum Gasteiger partial charge on any atom is 0.260 e. The number of piperidine rings is 1. The van der Waals surface area contributed by atoms with E-state index < -0.39 is 0 Å². The van der Waals surface area contributed by atoms with E-state index >= 15 is 0 Å². The second kappa shape index (κ2) is 7.78. The normalized spacial score (nSPS) is 17.2. The first kappa shape index (κ1) is 16.9. The Morgan fingerprint density at radius 3 is 2.84 bits per heavy atom. The molecule has 1 aromatic carbocycles. The molecule has 3 rings (SSSR count). The van der Waals surface area contributed by atoms with Gasteiger partial charge in [0.25, 0.3) is 5.91 Å². The minimum atomic E-state index is -0.0870. The summed E-state index contributed by atoms with van der Waals surface area (Å²) in [7, 11) is 0. The van der Waals surface area contributed by atoms with Gasteiger partial charge in [-0.05, 0) is 37.1 Å². The third-order valence-electron chi connectivity index (χ3n) is 4.01. The molecule has 1 N–H and O–H groups in total. The average Bonchev–Trinajstić information content (AvgIpc) is 3.14. The highest BCUT2D eigenvalue weighted by Gasteiger charge is 2.24. The predicted octanol–water partition coefficient (Wildman–Crippen LogP) is 1.24. The third-order valence-corrected chi connectivity index (χ3v) is 4.01. The van der Waals surface area contributed by atoms with Crippen molar-refractivity contribution >= 4 is 11.8 Å². The molecule has 2 amide bonds. The molecule has 1 atom stereocenters. The largest absolute Gasteiger partial charge is 0.484 e.